The van der Waals surface area contributed by atoms with E-state index in [4.69, 9.17) is 5.11 Å². The predicted molar refractivity (Wildman–Crippen MR) is 54.4 cm³/mol. The minimum atomic E-state index is -1.03. The van der Waals surface area contributed by atoms with Crippen molar-refractivity contribution in [2.24, 2.45) is 17.3 Å². The zero-order chi connectivity index (χ0) is 12.1. The van der Waals surface area contributed by atoms with Gasteiger partial charge in [-0.2, -0.15) is 0 Å². The molecule has 0 aromatic rings. The first-order valence-corrected chi connectivity index (χ1v) is 5.49. The number of carbonyl (C=O) groups excluding carboxylic acids is 2. The highest BCUT2D eigenvalue weighted by atomic mass is 16.4. The van der Waals surface area contributed by atoms with Crippen LogP contribution in [-0.4, -0.2) is 34.3 Å². The zero-order valence-corrected chi connectivity index (χ0v) is 9.40. The van der Waals surface area contributed by atoms with Crippen molar-refractivity contribution in [3.8, 4) is 0 Å². The summed E-state index contributed by atoms with van der Waals surface area (Å²) < 4.78 is 0. The minimum Gasteiger partial charge on any atom is -0.481 e. The molecule has 1 aliphatic heterocycles. The third-order valence-corrected chi connectivity index (χ3v) is 3.76. The van der Waals surface area contributed by atoms with E-state index in [1.54, 1.807) is 13.8 Å². The molecule has 0 aromatic heterocycles. The van der Waals surface area contributed by atoms with E-state index >= 15 is 0 Å². The molecule has 16 heavy (non-hydrogen) atoms. The van der Waals surface area contributed by atoms with E-state index in [-0.39, 0.29) is 30.2 Å². The van der Waals surface area contributed by atoms with Gasteiger partial charge in [0.15, 0.2) is 0 Å². The molecule has 5 heteroatoms. The zero-order valence-electron chi connectivity index (χ0n) is 9.40. The quantitative estimate of drug-likeness (QED) is 0.707. The molecule has 3 unspecified atom stereocenters. The number of rotatable bonds is 4. The van der Waals surface area contributed by atoms with Crippen molar-refractivity contribution in [2.45, 2.75) is 26.7 Å². The molecule has 2 aliphatic rings. The lowest BCUT2D eigenvalue weighted by atomic mass is 9.87. The van der Waals surface area contributed by atoms with Crippen molar-refractivity contribution in [1.29, 1.82) is 0 Å². The Morgan fingerprint density at radius 2 is 1.94 bits per heavy atom. The molecule has 2 fully saturated rings. The number of hydrogen-bond acceptors (Lipinski definition) is 3. The standard InChI is InChI=1S/C11H15NO4/c1-3-11(2,10(15)16)5-12-8(13)6-4-7(6)9(12)14/h6-7H,3-5H2,1-2H3,(H,15,16). The van der Waals surface area contributed by atoms with Crippen molar-refractivity contribution >= 4 is 17.8 Å². The topological polar surface area (TPSA) is 74.7 Å². The number of carboxylic acids is 1. The highest BCUT2D eigenvalue weighted by Crippen LogP contribution is 2.47. The average Bonchev–Trinajstić information content (AvgIpc) is 2.98. The largest absolute Gasteiger partial charge is 0.481 e. The number of carboxylic acid groups (broad SMARTS) is 1. The van der Waals surface area contributed by atoms with Crippen LogP contribution in [0.1, 0.15) is 26.7 Å². The molecule has 1 aliphatic carbocycles. The molecule has 88 valence electrons. The Morgan fingerprint density at radius 1 is 1.44 bits per heavy atom. The Labute approximate surface area is 93.4 Å². The normalized spacial score (nSPS) is 31.2. The van der Waals surface area contributed by atoms with Crippen LogP contribution in [0.2, 0.25) is 0 Å². The molecule has 1 N–H and O–H groups in total. The number of fused-ring (bicyclic) bond motifs is 1. The van der Waals surface area contributed by atoms with Crippen LogP contribution in [0.15, 0.2) is 0 Å². The van der Waals surface area contributed by atoms with Gasteiger partial charge in [-0.1, -0.05) is 6.92 Å². The lowest BCUT2D eigenvalue weighted by Gasteiger charge is -2.28. The molecule has 1 heterocycles. The third kappa shape index (κ3) is 1.42. The molecule has 0 spiro atoms. The maximum Gasteiger partial charge on any atom is 0.311 e. The SMILES string of the molecule is CCC(C)(CN1C(=O)C2CC2C1=O)C(=O)O. The van der Waals surface area contributed by atoms with Gasteiger partial charge in [0.2, 0.25) is 11.8 Å². The van der Waals surface area contributed by atoms with Crippen LogP contribution in [-0.2, 0) is 14.4 Å². The molecule has 0 aromatic carbocycles. The number of nitrogens with zero attached hydrogens (tertiary/aromatic N) is 1. The van der Waals surface area contributed by atoms with E-state index in [1.165, 1.54) is 0 Å². The van der Waals surface area contributed by atoms with Crippen LogP contribution in [0.25, 0.3) is 0 Å². The number of amides is 2. The fourth-order valence-electron chi connectivity index (χ4n) is 2.09. The summed E-state index contributed by atoms with van der Waals surface area (Å²) in [5.41, 5.74) is -1.03. The number of hydrogen-bond donors (Lipinski definition) is 1. The number of carbonyl (C=O) groups is 3. The van der Waals surface area contributed by atoms with Crippen LogP contribution in [0.5, 0.6) is 0 Å². The van der Waals surface area contributed by atoms with Crippen molar-refractivity contribution in [1.82, 2.24) is 4.90 Å². The van der Waals surface area contributed by atoms with Crippen LogP contribution in [0.3, 0.4) is 0 Å². The molecule has 2 amide bonds. The molecule has 1 saturated heterocycles. The average molecular weight is 225 g/mol. The molecule has 5 nitrogen and oxygen atoms in total. The van der Waals surface area contributed by atoms with Gasteiger partial charge >= 0.3 is 5.97 Å². The summed E-state index contributed by atoms with van der Waals surface area (Å²) in [5.74, 6) is -1.63. The van der Waals surface area contributed by atoms with Crippen molar-refractivity contribution in [3.05, 3.63) is 0 Å². The number of imide groups is 1. The van der Waals surface area contributed by atoms with Crippen LogP contribution in [0.4, 0.5) is 0 Å². The molecule has 0 radical (unpaired) electrons. The second kappa shape index (κ2) is 3.30. The van der Waals surface area contributed by atoms with Gasteiger partial charge in [-0.15, -0.1) is 0 Å². The summed E-state index contributed by atoms with van der Waals surface area (Å²) in [4.78, 5) is 35.6. The van der Waals surface area contributed by atoms with Crippen molar-refractivity contribution in [3.63, 3.8) is 0 Å². The van der Waals surface area contributed by atoms with Gasteiger partial charge in [-0.3, -0.25) is 19.3 Å². The van der Waals surface area contributed by atoms with E-state index < -0.39 is 11.4 Å². The molecule has 2 rings (SSSR count). The summed E-state index contributed by atoms with van der Waals surface area (Å²) >= 11 is 0. The van der Waals surface area contributed by atoms with Gasteiger partial charge in [0.05, 0.1) is 17.3 Å². The highest BCUT2D eigenvalue weighted by Gasteiger charge is 2.59. The van der Waals surface area contributed by atoms with Crippen LogP contribution in [0, 0.1) is 17.3 Å². The Hall–Kier alpha value is -1.39. The van der Waals surface area contributed by atoms with Crippen LogP contribution >= 0.6 is 0 Å². The lowest BCUT2D eigenvalue weighted by Crippen LogP contribution is -2.44. The Kier molecular flexibility index (Phi) is 2.29. The Balaban J connectivity index is 2.13. The summed E-state index contributed by atoms with van der Waals surface area (Å²) in [6.07, 6.45) is 1.05. The molecular formula is C11H15NO4. The smallest absolute Gasteiger partial charge is 0.311 e. The Bertz CT molecular complexity index is 358. The predicted octanol–water partition coefficient (Wildman–Crippen LogP) is 0.492. The van der Waals surface area contributed by atoms with Crippen molar-refractivity contribution < 1.29 is 19.5 Å². The van der Waals surface area contributed by atoms with Gasteiger partial charge < -0.3 is 5.11 Å². The second-order valence-electron chi connectivity index (χ2n) is 4.93. The fourth-order valence-corrected chi connectivity index (χ4v) is 2.09. The van der Waals surface area contributed by atoms with Crippen molar-refractivity contribution in [2.75, 3.05) is 6.54 Å². The number of likely N-dealkylation sites (tertiary alicyclic amines) is 1. The molecule has 1 saturated carbocycles. The van der Waals surface area contributed by atoms with E-state index in [2.05, 4.69) is 0 Å². The van der Waals surface area contributed by atoms with Gasteiger partial charge in [-0.05, 0) is 19.8 Å². The van der Waals surface area contributed by atoms with E-state index in [9.17, 15) is 14.4 Å². The van der Waals surface area contributed by atoms with Gasteiger partial charge in [0, 0.05) is 6.54 Å². The first kappa shape index (κ1) is 11.1. The summed E-state index contributed by atoms with van der Waals surface area (Å²) in [7, 11) is 0. The molecule has 0 bridgehead atoms. The number of piperidine rings is 1. The first-order valence-electron chi connectivity index (χ1n) is 5.49. The highest BCUT2D eigenvalue weighted by molar-refractivity contribution is 6.09. The maximum absolute atomic E-state index is 11.7. The van der Waals surface area contributed by atoms with Crippen LogP contribution < -0.4 is 0 Å². The fraction of sp³-hybridized carbons (Fsp3) is 0.727. The van der Waals surface area contributed by atoms with E-state index in [0.717, 1.165) is 4.90 Å². The summed E-state index contributed by atoms with van der Waals surface area (Å²) in [6.45, 7) is 3.32. The Morgan fingerprint density at radius 3 is 2.31 bits per heavy atom. The maximum atomic E-state index is 11.7. The second-order valence-corrected chi connectivity index (χ2v) is 4.93. The summed E-state index contributed by atoms with van der Waals surface area (Å²) in [5, 5.41) is 9.09. The molecule has 3 atom stereocenters. The summed E-state index contributed by atoms with van der Waals surface area (Å²) in [6, 6.07) is 0. The van der Waals surface area contributed by atoms with Gasteiger partial charge in [-0.25, -0.2) is 0 Å². The third-order valence-electron chi connectivity index (χ3n) is 3.76. The van der Waals surface area contributed by atoms with E-state index in [1.807, 2.05) is 0 Å². The first-order chi connectivity index (χ1) is 7.40. The minimum absolute atomic E-state index is 0.00347. The number of aliphatic carboxylic acids is 1. The monoisotopic (exact) mass is 225 g/mol. The van der Waals surface area contributed by atoms with E-state index in [0.29, 0.717) is 12.8 Å². The lowest BCUT2D eigenvalue weighted by molar-refractivity contribution is -0.152. The molecular weight excluding hydrogens is 210 g/mol. The van der Waals surface area contributed by atoms with Gasteiger partial charge in [0.25, 0.3) is 0 Å². The van der Waals surface area contributed by atoms with Gasteiger partial charge in [0.1, 0.15) is 0 Å².